The molecule has 1 saturated carbocycles. The molecule has 0 radical (unpaired) electrons. The van der Waals surface area contributed by atoms with Crippen LogP contribution in [0, 0.1) is 5.92 Å². The van der Waals surface area contributed by atoms with E-state index in [4.69, 9.17) is 4.74 Å². The van der Waals surface area contributed by atoms with E-state index in [2.05, 4.69) is 15.7 Å². The molecule has 2 aromatic rings. The van der Waals surface area contributed by atoms with Crippen molar-refractivity contribution in [2.45, 2.75) is 69.7 Å². The van der Waals surface area contributed by atoms with E-state index in [0.717, 1.165) is 17.7 Å². The predicted molar refractivity (Wildman–Crippen MR) is 137 cm³/mol. The molecule has 1 aliphatic carbocycles. The van der Waals surface area contributed by atoms with Gasteiger partial charge in [-0.05, 0) is 57.6 Å². The van der Waals surface area contributed by atoms with Gasteiger partial charge in [0.25, 0.3) is 5.91 Å². The van der Waals surface area contributed by atoms with E-state index < -0.39 is 56.3 Å². The van der Waals surface area contributed by atoms with Crippen LogP contribution in [0.3, 0.4) is 0 Å². The molecule has 1 aromatic heterocycles. The Labute approximate surface area is 228 Å². The Morgan fingerprint density at radius 1 is 1.15 bits per heavy atom. The first-order valence-electron chi connectivity index (χ1n) is 12.6. The van der Waals surface area contributed by atoms with Crippen molar-refractivity contribution < 1.29 is 44.3 Å². The first-order chi connectivity index (χ1) is 18.5. The molecule has 0 saturated heterocycles. The Bertz CT molecular complexity index is 1320. The topological polar surface area (TPSA) is 102 Å². The second kappa shape index (κ2) is 11.9. The van der Waals surface area contributed by atoms with E-state index in [1.54, 1.807) is 0 Å². The van der Waals surface area contributed by atoms with E-state index >= 15 is 0 Å². The third-order valence-corrected chi connectivity index (χ3v) is 8.71. The summed E-state index contributed by atoms with van der Waals surface area (Å²) >= 11 is 0. The Morgan fingerprint density at radius 2 is 1.77 bits per heavy atom. The molecule has 1 heterocycles. The first kappa shape index (κ1) is 31.6. The van der Waals surface area contributed by atoms with Gasteiger partial charge < -0.3 is 15.4 Å². The lowest BCUT2D eigenvalue weighted by atomic mass is 9.89. The molecule has 0 unspecified atom stereocenters. The summed E-state index contributed by atoms with van der Waals surface area (Å²) in [6, 6.07) is 1.61. The molecule has 40 heavy (non-hydrogen) atoms. The van der Waals surface area contributed by atoms with Crippen molar-refractivity contribution in [2.75, 3.05) is 25.2 Å². The zero-order chi connectivity index (χ0) is 30.0. The van der Waals surface area contributed by atoms with Gasteiger partial charge in [-0.3, -0.25) is 9.48 Å². The molecule has 1 amide bonds. The van der Waals surface area contributed by atoms with Crippen LogP contribution in [-0.4, -0.2) is 61.5 Å². The Balaban J connectivity index is 1.92. The van der Waals surface area contributed by atoms with Crippen LogP contribution in [-0.2, 0) is 22.6 Å². The zero-order valence-electron chi connectivity index (χ0n) is 22.4. The van der Waals surface area contributed by atoms with Gasteiger partial charge in [0.05, 0.1) is 18.1 Å². The quantitative estimate of drug-likeness (QED) is 0.381. The third kappa shape index (κ3) is 7.21. The summed E-state index contributed by atoms with van der Waals surface area (Å²) in [5.41, 5.74) is -2.72. The van der Waals surface area contributed by atoms with Crippen LogP contribution in [0.15, 0.2) is 18.2 Å². The standard InChI is InChI=1S/C25H32F6N4O4S/c1-5-35-22(18-11-8-16(12-19(18)39-3)33-14(2)24(26,27)28)20(25(29,30)31)21(34-35)23(36)32-13-15-6-9-17(10-7-15)40(4,37)38/h8,11-12,14-15,17,33H,5-7,9-10,13H2,1-4H3,(H,32,36)/t14-,15?,17?/m1/s1. The summed E-state index contributed by atoms with van der Waals surface area (Å²) in [4.78, 5) is 13.0. The first-order valence-corrected chi connectivity index (χ1v) is 14.6. The Kier molecular flexibility index (Phi) is 9.36. The van der Waals surface area contributed by atoms with E-state index in [1.165, 1.54) is 32.4 Å². The number of ether oxygens (including phenoxy) is 1. The highest BCUT2D eigenvalue weighted by molar-refractivity contribution is 7.91. The van der Waals surface area contributed by atoms with Gasteiger partial charge >= 0.3 is 12.4 Å². The number of nitrogens with one attached hydrogen (secondary N) is 2. The van der Waals surface area contributed by atoms with E-state index in [9.17, 15) is 39.6 Å². The molecule has 0 bridgehead atoms. The van der Waals surface area contributed by atoms with Gasteiger partial charge in [0.2, 0.25) is 0 Å². The van der Waals surface area contributed by atoms with Gasteiger partial charge in [0.1, 0.15) is 27.2 Å². The number of aromatic nitrogens is 2. The van der Waals surface area contributed by atoms with Crippen LogP contribution < -0.4 is 15.4 Å². The molecule has 1 atom stereocenters. The Hall–Kier alpha value is -2.97. The number of carbonyl (C=O) groups is 1. The molecular weight excluding hydrogens is 566 g/mol. The number of carbonyl (C=O) groups excluding carboxylic acids is 1. The van der Waals surface area contributed by atoms with Crippen molar-refractivity contribution in [3.63, 3.8) is 0 Å². The molecule has 1 fully saturated rings. The fraction of sp³-hybridized carbons (Fsp3) is 0.600. The largest absolute Gasteiger partial charge is 0.496 e. The molecule has 0 spiro atoms. The van der Waals surface area contributed by atoms with Gasteiger partial charge in [0, 0.05) is 36.7 Å². The maximum atomic E-state index is 14.4. The van der Waals surface area contributed by atoms with Crippen LogP contribution in [0.25, 0.3) is 11.3 Å². The molecule has 0 aliphatic heterocycles. The molecule has 3 rings (SSSR count). The predicted octanol–water partition coefficient (Wildman–Crippen LogP) is 5.29. The molecule has 224 valence electrons. The maximum Gasteiger partial charge on any atom is 0.420 e. The maximum absolute atomic E-state index is 14.4. The number of sulfone groups is 1. The van der Waals surface area contributed by atoms with Crippen molar-refractivity contribution in [1.82, 2.24) is 15.1 Å². The Morgan fingerprint density at radius 3 is 2.27 bits per heavy atom. The summed E-state index contributed by atoms with van der Waals surface area (Å²) in [6.45, 7) is 2.44. The molecular formula is C25H32F6N4O4S. The lowest BCUT2D eigenvalue weighted by molar-refractivity contribution is -0.138. The lowest BCUT2D eigenvalue weighted by Gasteiger charge is -2.27. The van der Waals surface area contributed by atoms with Crippen LogP contribution in [0.1, 0.15) is 55.6 Å². The number of aryl methyl sites for hydroxylation is 1. The monoisotopic (exact) mass is 598 g/mol. The van der Waals surface area contributed by atoms with Gasteiger partial charge in [-0.25, -0.2) is 8.42 Å². The minimum atomic E-state index is -5.00. The fourth-order valence-corrected chi connectivity index (χ4v) is 5.91. The van der Waals surface area contributed by atoms with Crippen molar-refractivity contribution in [3.05, 3.63) is 29.5 Å². The summed E-state index contributed by atoms with van der Waals surface area (Å²) < 4.78 is 112. The van der Waals surface area contributed by atoms with Gasteiger partial charge in [-0.15, -0.1) is 0 Å². The number of hydrogen-bond donors (Lipinski definition) is 2. The zero-order valence-corrected chi connectivity index (χ0v) is 23.2. The molecule has 2 N–H and O–H groups in total. The van der Waals surface area contributed by atoms with Crippen LogP contribution >= 0.6 is 0 Å². The number of nitrogens with zero attached hydrogens (tertiary/aromatic N) is 2. The summed E-state index contributed by atoms with van der Waals surface area (Å²) in [6.07, 6.45) is -6.56. The number of amides is 1. The molecule has 1 aliphatic rings. The molecule has 15 heteroatoms. The number of methoxy groups -OCH3 is 1. The number of rotatable bonds is 9. The number of halogens is 6. The third-order valence-electron chi connectivity index (χ3n) is 7.03. The van der Waals surface area contributed by atoms with Crippen LogP contribution in [0.5, 0.6) is 5.75 Å². The average Bonchev–Trinajstić information content (AvgIpc) is 3.26. The highest BCUT2D eigenvalue weighted by Gasteiger charge is 2.43. The number of anilines is 1. The van der Waals surface area contributed by atoms with Crippen molar-refractivity contribution in [1.29, 1.82) is 0 Å². The average molecular weight is 599 g/mol. The van der Waals surface area contributed by atoms with Gasteiger partial charge in [0.15, 0.2) is 5.69 Å². The molecule has 8 nitrogen and oxygen atoms in total. The lowest BCUT2D eigenvalue weighted by Crippen LogP contribution is -2.34. The fourth-order valence-electron chi connectivity index (χ4n) is 4.79. The van der Waals surface area contributed by atoms with Crippen molar-refractivity contribution >= 4 is 21.4 Å². The van der Waals surface area contributed by atoms with Gasteiger partial charge in [-0.1, -0.05) is 0 Å². The number of benzene rings is 1. The summed E-state index contributed by atoms with van der Waals surface area (Å²) in [5, 5.41) is 8.23. The highest BCUT2D eigenvalue weighted by Crippen LogP contribution is 2.43. The summed E-state index contributed by atoms with van der Waals surface area (Å²) in [7, 11) is -2.02. The van der Waals surface area contributed by atoms with E-state index in [0.29, 0.717) is 25.7 Å². The number of alkyl halides is 6. The van der Waals surface area contributed by atoms with Gasteiger partial charge in [-0.2, -0.15) is 31.4 Å². The number of hydrogen-bond acceptors (Lipinski definition) is 6. The van der Waals surface area contributed by atoms with E-state index in [-0.39, 0.29) is 36.0 Å². The van der Waals surface area contributed by atoms with Crippen LogP contribution in [0.2, 0.25) is 0 Å². The van der Waals surface area contributed by atoms with Crippen molar-refractivity contribution in [2.24, 2.45) is 5.92 Å². The van der Waals surface area contributed by atoms with Crippen molar-refractivity contribution in [3.8, 4) is 17.0 Å². The SMILES string of the molecule is CCn1nc(C(=O)NCC2CCC(S(C)(=O)=O)CC2)c(C(F)(F)F)c1-c1ccc(N[C@H](C)C(F)(F)F)cc1OC. The van der Waals surface area contributed by atoms with E-state index in [1.807, 2.05) is 0 Å². The smallest absolute Gasteiger partial charge is 0.420 e. The second-order valence-electron chi connectivity index (χ2n) is 9.89. The van der Waals surface area contributed by atoms with Crippen LogP contribution in [0.4, 0.5) is 32.0 Å². The minimum absolute atomic E-state index is 0.0230. The highest BCUT2D eigenvalue weighted by atomic mass is 32.2. The second-order valence-corrected chi connectivity index (χ2v) is 12.2. The minimum Gasteiger partial charge on any atom is -0.496 e. The molecule has 1 aromatic carbocycles. The normalized spacial score (nSPS) is 19.2. The summed E-state index contributed by atoms with van der Waals surface area (Å²) in [5.74, 6) is -1.28.